The maximum atomic E-state index is 10.0. The van der Waals surface area contributed by atoms with Crippen molar-refractivity contribution in [2.24, 2.45) is 5.41 Å². The van der Waals surface area contributed by atoms with Crippen LogP contribution < -0.4 is 0 Å². The summed E-state index contributed by atoms with van der Waals surface area (Å²) in [6.07, 6.45) is 1.57. The van der Waals surface area contributed by atoms with E-state index >= 15 is 0 Å². The summed E-state index contributed by atoms with van der Waals surface area (Å²) in [6, 6.07) is 0. The van der Waals surface area contributed by atoms with Gasteiger partial charge in [0, 0.05) is 40.5 Å². The van der Waals surface area contributed by atoms with Gasteiger partial charge < -0.3 is 19.5 Å². The van der Waals surface area contributed by atoms with E-state index in [0.717, 1.165) is 45.7 Å². The molecule has 0 spiro atoms. The largest absolute Gasteiger partial charge is 0.393 e. The van der Waals surface area contributed by atoms with Gasteiger partial charge in [0.15, 0.2) is 0 Å². The molecule has 0 aromatic heterocycles. The molecule has 4 nitrogen and oxygen atoms in total. The molecule has 0 rings (SSSR count). The lowest BCUT2D eigenvalue weighted by molar-refractivity contribution is 0.0413. The van der Waals surface area contributed by atoms with Gasteiger partial charge in [-0.15, -0.1) is 0 Å². The van der Waals surface area contributed by atoms with Crippen LogP contribution in [0.15, 0.2) is 0 Å². The summed E-state index contributed by atoms with van der Waals surface area (Å²) in [4.78, 5) is 2.33. The Hall–Kier alpha value is -0.160. The zero-order chi connectivity index (χ0) is 14.0. The van der Waals surface area contributed by atoms with Crippen LogP contribution in [0.2, 0.25) is 0 Å². The maximum Gasteiger partial charge on any atom is 0.0600 e. The summed E-state index contributed by atoms with van der Waals surface area (Å²) in [5.74, 6) is 0. The van der Waals surface area contributed by atoms with Gasteiger partial charge in [-0.05, 0) is 18.3 Å². The first-order valence-corrected chi connectivity index (χ1v) is 6.80. The minimum absolute atomic E-state index is 0.0422. The topological polar surface area (TPSA) is 41.9 Å². The number of rotatable bonds is 10. The highest BCUT2D eigenvalue weighted by molar-refractivity contribution is 4.74. The quantitative estimate of drug-likeness (QED) is 0.609. The van der Waals surface area contributed by atoms with Crippen LogP contribution in [0.4, 0.5) is 0 Å². The zero-order valence-corrected chi connectivity index (χ0v) is 12.7. The van der Waals surface area contributed by atoms with Crippen LogP contribution in [0.3, 0.4) is 0 Å². The molecule has 0 fully saturated rings. The average Bonchev–Trinajstić information content (AvgIpc) is 2.30. The summed E-state index contributed by atoms with van der Waals surface area (Å²) in [6.45, 7) is 10.5. The molecule has 0 heterocycles. The summed E-state index contributed by atoms with van der Waals surface area (Å²) >= 11 is 0. The van der Waals surface area contributed by atoms with E-state index in [-0.39, 0.29) is 11.5 Å². The van der Waals surface area contributed by atoms with Gasteiger partial charge in [0.2, 0.25) is 0 Å². The number of methoxy groups -OCH3 is 2. The fourth-order valence-corrected chi connectivity index (χ4v) is 1.73. The van der Waals surface area contributed by atoms with E-state index in [1.54, 1.807) is 14.2 Å². The van der Waals surface area contributed by atoms with Crippen molar-refractivity contribution in [2.75, 3.05) is 47.1 Å². The first-order chi connectivity index (χ1) is 8.41. The van der Waals surface area contributed by atoms with Gasteiger partial charge in [-0.25, -0.2) is 0 Å². The third kappa shape index (κ3) is 8.86. The number of hydrogen-bond donors (Lipinski definition) is 1. The minimum Gasteiger partial charge on any atom is -0.393 e. The van der Waals surface area contributed by atoms with Crippen molar-refractivity contribution in [2.45, 2.75) is 39.7 Å². The summed E-state index contributed by atoms with van der Waals surface area (Å²) < 4.78 is 10.2. The molecule has 0 amide bonds. The van der Waals surface area contributed by atoms with Crippen molar-refractivity contribution in [3.8, 4) is 0 Å². The van der Waals surface area contributed by atoms with Crippen LogP contribution in [-0.2, 0) is 9.47 Å². The minimum atomic E-state index is -0.259. The fraction of sp³-hybridized carbons (Fsp3) is 1.00. The van der Waals surface area contributed by atoms with Crippen molar-refractivity contribution in [3.63, 3.8) is 0 Å². The molecule has 0 aliphatic carbocycles. The Labute approximate surface area is 112 Å². The van der Waals surface area contributed by atoms with Gasteiger partial charge in [-0.3, -0.25) is 0 Å². The number of aliphatic hydroxyl groups excluding tert-OH is 1. The smallest absolute Gasteiger partial charge is 0.0600 e. The van der Waals surface area contributed by atoms with Gasteiger partial charge in [0.05, 0.1) is 12.7 Å². The number of aliphatic hydroxyl groups is 1. The van der Waals surface area contributed by atoms with Gasteiger partial charge in [-0.1, -0.05) is 20.8 Å². The van der Waals surface area contributed by atoms with Crippen molar-refractivity contribution >= 4 is 0 Å². The van der Waals surface area contributed by atoms with Gasteiger partial charge in [0.25, 0.3) is 0 Å². The van der Waals surface area contributed by atoms with Gasteiger partial charge in [-0.2, -0.15) is 0 Å². The van der Waals surface area contributed by atoms with E-state index in [9.17, 15) is 5.11 Å². The maximum absolute atomic E-state index is 10.0. The lowest BCUT2D eigenvalue weighted by atomic mass is 9.87. The van der Waals surface area contributed by atoms with E-state index in [4.69, 9.17) is 9.47 Å². The molecule has 0 bridgehead atoms. The molecule has 0 aromatic carbocycles. The molecule has 0 radical (unpaired) electrons. The molecule has 1 N–H and O–H groups in total. The Morgan fingerprint density at radius 2 is 1.61 bits per heavy atom. The number of hydrogen-bond acceptors (Lipinski definition) is 4. The molecular weight excluding hydrogens is 230 g/mol. The molecule has 0 aliphatic rings. The van der Waals surface area contributed by atoms with Crippen molar-refractivity contribution in [3.05, 3.63) is 0 Å². The Morgan fingerprint density at radius 3 is 2.11 bits per heavy atom. The van der Waals surface area contributed by atoms with Crippen LogP contribution in [0, 0.1) is 5.41 Å². The molecule has 1 unspecified atom stereocenters. The van der Waals surface area contributed by atoms with E-state index in [2.05, 4.69) is 25.7 Å². The third-order valence-corrected chi connectivity index (χ3v) is 3.15. The van der Waals surface area contributed by atoms with Gasteiger partial charge in [0.1, 0.15) is 0 Å². The Bertz CT molecular complexity index is 192. The first-order valence-electron chi connectivity index (χ1n) is 6.80. The van der Waals surface area contributed by atoms with Crippen LogP contribution in [-0.4, -0.2) is 63.2 Å². The molecule has 1 atom stereocenters. The molecule has 18 heavy (non-hydrogen) atoms. The highest BCUT2D eigenvalue weighted by Gasteiger charge is 2.22. The summed E-state index contributed by atoms with van der Waals surface area (Å²) in [5.41, 5.74) is -0.0422. The van der Waals surface area contributed by atoms with E-state index in [1.807, 2.05) is 0 Å². The summed E-state index contributed by atoms with van der Waals surface area (Å²) in [5, 5.41) is 10.0. The zero-order valence-electron chi connectivity index (χ0n) is 12.7. The number of ether oxygens (including phenoxy) is 2. The third-order valence-electron chi connectivity index (χ3n) is 3.15. The van der Waals surface area contributed by atoms with Crippen LogP contribution in [0.5, 0.6) is 0 Å². The average molecular weight is 261 g/mol. The predicted molar refractivity (Wildman–Crippen MR) is 74.9 cm³/mol. The fourth-order valence-electron chi connectivity index (χ4n) is 1.73. The van der Waals surface area contributed by atoms with E-state index < -0.39 is 0 Å². The molecule has 0 aliphatic heterocycles. The van der Waals surface area contributed by atoms with Crippen LogP contribution >= 0.6 is 0 Å². The second-order valence-electron chi connectivity index (χ2n) is 5.85. The standard InChI is InChI=1S/C14H31NO3/c1-14(2,3)13(16)7-9-15(10-12-18-5)8-6-11-17-4/h13,16H,6-12H2,1-5H3. The Morgan fingerprint density at radius 1 is 1.00 bits per heavy atom. The highest BCUT2D eigenvalue weighted by atomic mass is 16.5. The van der Waals surface area contributed by atoms with Crippen molar-refractivity contribution < 1.29 is 14.6 Å². The van der Waals surface area contributed by atoms with Crippen molar-refractivity contribution in [1.82, 2.24) is 4.90 Å². The summed E-state index contributed by atoms with van der Waals surface area (Å²) in [7, 11) is 3.44. The molecule has 0 aromatic rings. The SMILES string of the molecule is COCCCN(CCOC)CCC(O)C(C)(C)C. The molecule has 0 saturated heterocycles. The monoisotopic (exact) mass is 261 g/mol. The molecule has 110 valence electrons. The normalized spacial score (nSPS) is 14.2. The second kappa shape index (κ2) is 9.73. The first kappa shape index (κ1) is 17.8. The predicted octanol–water partition coefficient (Wildman–Crippen LogP) is 1.77. The number of nitrogens with zero attached hydrogens (tertiary/aromatic N) is 1. The van der Waals surface area contributed by atoms with E-state index in [0.29, 0.717) is 0 Å². The van der Waals surface area contributed by atoms with Gasteiger partial charge >= 0.3 is 0 Å². The molecular formula is C14H31NO3. The molecule has 0 saturated carbocycles. The lowest BCUT2D eigenvalue weighted by Crippen LogP contribution is -2.35. The van der Waals surface area contributed by atoms with Crippen LogP contribution in [0.1, 0.15) is 33.6 Å². The molecule has 4 heteroatoms. The van der Waals surface area contributed by atoms with Crippen LogP contribution in [0.25, 0.3) is 0 Å². The Balaban J connectivity index is 3.98. The van der Waals surface area contributed by atoms with Crippen molar-refractivity contribution in [1.29, 1.82) is 0 Å². The van der Waals surface area contributed by atoms with E-state index in [1.165, 1.54) is 0 Å². The lowest BCUT2D eigenvalue weighted by Gasteiger charge is -2.29. The Kier molecular flexibility index (Phi) is 9.64. The highest BCUT2D eigenvalue weighted by Crippen LogP contribution is 2.21. The second-order valence-corrected chi connectivity index (χ2v) is 5.85.